The lowest BCUT2D eigenvalue weighted by Crippen LogP contribution is -2.01. The number of benzene rings is 1. The van der Waals surface area contributed by atoms with Crippen molar-refractivity contribution < 1.29 is 13.5 Å². The molecule has 106 valence electrons. The maximum Gasteiger partial charge on any atom is 0.387 e. The topological polar surface area (TPSA) is 52.3 Å². The minimum atomic E-state index is -2.82. The van der Waals surface area contributed by atoms with Crippen LogP contribution in [0.2, 0.25) is 0 Å². The van der Waals surface area contributed by atoms with Gasteiger partial charge in [-0.1, -0.05) is 18.7 Å². The van der Waals surface area contributed by atoms with Crippen LogP contribution in [0.5, 0.6) is 5.75 Å². The molecule has 1 heterocycles. The molecule has 8 heteroatoms. The summed E-state index contributed by atoms with van der Waals surface area (Å²) in [5, 5.41) is 12.6. The third kappa shape index (κ3) is 4.02. The molecule has 2 aromatic rings. The first-order valence-electron chi connectivity index (χ1n) is 5.81. The van der Waals surface area contributed by atoms with Gasteiger partial charge in [0.15, 0.2) is 0 Å². The van der Waals surface area contributed by atoms with Crippen LogP contribution < -0.4 is 4.74 Å². The highest BCUT2D eigenvalue weighted by molar-refractivity contribution is 7.99. The largest absolute Gasteiger partial charge is 0.435 e. The Morgan fingerprint density at radius 3 is 2.80 bits per heavy atom. The Kier molecular flexibility index (Phi) is 5.05. The molecule has 5 nitrogen and oxygen atoms in total. The van der Waals surface area contributed by atoms with Crippen LogP contribution in [0.4, 0.5) is 8.78 Å². The molecular weight excluding hydrogens is 286 g/mol. The lowest BCUT2D eigenvalue weighted by molar-refractivity contribution is -0.0498. The van der Waals surface area contributed by atoms with Gasteiger partial charge in [0.2, 0.25) is 5.16 Å². The van der Waals surface area contributed by atoms with Crippen LogP contribution in [-0.4, -0.2) is 33.5 Å². The highest BCUT2D eigenvalue weighted by atomic mass is 32.2. The fraction of sp³-hybridized carbons (Fsp3) is 0.250. The summed E-state index contributed by atoms with van der Waals surface area (Å²) in [7, 11) is 0. The molecule has 0 atom stereocenters. The Balaban J connectivity index is 2.05. The molecule has 0 aliphatic heterocycles. The van der Waals surface area contributed by atoms with Crippen molar-refractivity contribution in [1.29, 1.82) is 0 Å². The number of hydrogen-bond donors (Lipinski definition) is 0. The van der Waals surface area contributed by atoms with Crippen LogP contribution in [0, 0.1) is 0 Å². The number of alkyl halides is 2. The van der Waals surface area contributed by atoms with E-state index >= 15 is 0 Å². The molecule has 0 radical (unpaired) electrons. The number of thioether (sulfide) groups is 1. The normalized spacial score (nSPS) is 11.4. The van der Waals surface area contributed by atoms with E-state index in [0.29, 0.717) is 5.16 Å². The number of hydrogen-bond acceptors (Lipinski definition) is 5. The quantitative estimate of drug-likeness (QED) is 0.608. The summed E-state index contributed by atoms with van der Waals surface area (Å²) in [6, 6.07) is 6.19. The van der Waals surface area contributed by atoms with Gasteiger partial charge in [-0.2, -0.15) is 18.6 Å². The van der Waals surface area contributed by atoms with Crippen molar-refractivity contribution in [3.63, 3.8) is 0 Å². The molecule has 0 unspecified atom stereocenters. The Hall–Kier alpha value is -1.96. The zero-order valence-electron chi connectivity index (χ0n) is 10.6. The van der Waals surface area contributed by atoms with Crippen LogP contribution >= 0.6 is 11.8 Å². The number of nitrogens with zero attached hydrogens (tertiary/aromatic N) is 4. The summed E-state index contributed by atoms with van der Waals surface area (Å²) >= 11 is 1.53. The molecule has 1 aromatic heterocycles. The van der Waals surface area contributed by atoms with Crippen molar-refractivity contribution in [2.75, 3.05) is 5.75 Å². The van der Waals surface area contributed by atoms with E-state index in [0.717, 1.165) is 11.3 Å². The SMILES string of the molecule is CCSc1nncn1/N=C\c1ccc(OC(F)F)cc1. The van der Waals surface area contributed by atoms with Crippen molar-refractivity contribution in [3.8, 4) is 5.75 Å². The van der Waals surface area contributed by atoms with Gasteiger partial charge in [0.1, 0.15) is 12.1 Å². The minimum Gasteiger partial charge on any atom is -0.435 e. The van der Waals surface area contributed by atoms with E-state index < -0.39 is 6.61 Å². The van der Waals surface area contributed by atoms with Crippen LogP contribution in [-0.2, 0) is 0 Å². The fourth-order valence-corrected chi connectivity index (χ4v) is 1.98. The van der Waals surface area contributed by atoms with Gasteiger partial charge in [-0.3, -0.25) is 0 Å². The Labute approximate surface area is 118 Å². The predicted octanol–water partition coefficient (Wildman–Crippen LogP) is 2.87. The summed E-state index contributed by atoms with van der Waals surface area (Å²) in [5.41, 5.74) is 0.757. The number of ether oxygens (including phenoxy) is 1. The summed E-state index contributed by atoms with van der Waals surface area (Å²) in [4.78, 5) is 0. The van der Waals surface area contributed by atoms with Gasteiger partial charge in [0.05, 0.1) is 6.21 Å². The highest BCUT2D eigenvalue weighted by Crippen LogP contribution is 2.15. The first-order chi connectivity index (χ1) is 9.69. The molecular formula is C12H12F2N4OS. The van der Waals surface area contributed by atoms with Crippen molar-refractivity contribution in [3.05, 3.63) is 36.2 Å². The Morgan fingerprint density at radius 2 is 2.15 bits per heavy atom. The molecule has 0 saturated heterocycles. The average molecular weight is 298 g/mol. The Morgan fingerprint density at radius 1 is 1.40 bits per heavy atom. The van der Waals surface area contributed by atoms with E-state index in [9.17, 15) is 8.78 Å². The average Bonchev–Trinajstić information content (AvgIpc) is 2.85. The molecule has 0 aliphatic carbocycles. The minimum absolute atomic E-state index is 0.115. The van der Waals surface area contributed by atoms with Gasteiger partial charge in [-0.05, 0) is 35.6 Å². The van der Waals surface area contributed by atoms with Gasteiger partial charge >= 0.3 is 6.61 Å². The zero-order chi connectivity index (χ0) is 14.4. The molecule has 20 heavy (non-hydrogen) atoms. The third-order valence-electron chi connectivity index (χ3n) is 2.21. The number of halogens is 2. The maximum absolute atomic E-state index is 12.0. The van der Waals surface area contributed by atoms with E-state index in [1.807, 2.05) is 6.92 Å². The summed E-state index contributed by atoms with van der Waals surface area (Å²) in [6.07, 6.45) is 3.10. The third-order valence-corrected chi connectivity index (χ3v) is 3.03. The lowest BCUT2D eigenvalue weighted by Gasteiger charge is -2.03. The van der Waals surface area contributed by atoms with Crippen LogP contribution in [0.15, 0.2) is 40.9 Å². The molecule has 0 spiro atoms. The van der Waals surface area contributed by atoms with Crippen LogP contribution in [0.1, 0.15) is 12.5 Å². The monoisotopic (exact) mass is 298 g/mol. The molecule has 0 fully saturated rings. The smallest absolute Gasteiger partial charge is 0.387 e. The summed E-state index contributed by atoms with van der Waals surface area (Å²) in [6.45, 7) is -0.810. The van der Waals surface area contributed by atoms with Gasteiger partial charge in [-0.25, -0.2) is 0 Å². The summed E-state index contributed by atoms with van der Waals surface area (Å²) in [5.74, 6) is 0.983. The van der Waals surface area contributed by atoms with E-state index in [1.165, 1.54) is 30.2 Å². The standard InChI is InChI=1S/C12H12F2N4OS/c1-2-20-12-17-15-8-18(12)16-7-9-3-5-10(6-4-9)19-11(13)14/h3-8,11H,2H2,1H3/b16-7-. The first-order valence-corrected chi connectivity index (χ1v) is 6.79. The maximum atomic E-state index is 12.0. The first kappa shape index (κ1) is 14.4. The molecule has 0 aliphatic rings. The van der Waals surface area contributed by atoms with E-state index in [-0.39, 0.29) is 5.75 Å². The number of aromatic nitrogens is 3. The van der Waals surface area contributed by atoms with E-state index in [1.54, 1.807) is 23.0 Å². The second kappa shape index (κ2) is 6.99. The van der Waals surface area contributed by atoms with Crippen molar-refractivity contribution in [2.45, 2.75) is 18.7 Å². The summed E-state index contributed by atoms with van der Waals surface area (Å²) < 4.78 is 29.8. The van der Waals surface area contributed by atoms with Crippen molar-refractivity contribution in [1.82, 2.24) is 14.9 Å². The van der Waals surface area contributed by atoms with E-state index in [2.05, 4.69) is 20.0 Å². The van der Waals surface area contributed by atoms with Crippen molar-refractivity contribution >= 4 is 18.0 Å². The molecule has 0 bridgehead atoms. The molecule has 0 N–H and O–H groups in total. The second-order valence-electron chi connectivity index (χ2n) is 3.58. The van der Waals surface area contributed by atoms with Crippen molar-refractivity contribution in [2.24, 2.45) is 5.10 Å². The molecule has 1 aromatic carbocycles. The van der Waals surface area contributed by atoms with E-state index in [4.69, 9.17) is 0 Å². The van der Waals surface area contributed by atoms with Gasteiger partial charge in [0.25, 0.3) is 0 Å². The Bertz CT molecular complexity index is 571. The highest BCUT2D eigenvalue weighted by Gasteiger charge is 2.03. The lowest BCUT2D eigenvalue weighted by atomic mass is 10.2. The second-order valence-corrected chi connectivity index (χ2v) is 4.81. The van der Waals surface area contributed by atoms with Gasteiger partial charge in [-0.15, -0.1) is 10.2 Å². The molecule has 0 amide bonds. The van der Waals surface area contributed by atoms with Crippen LogP contribution in [0.25, 0.3) is 0 Å². The molecule has 2 rings (SSSR count). The van der Waals surface area contributed by atoms with Gasteiger partial charge < -0.3 is 4.74 Å². The zero-order valence-corrected chi connectivity index (χ0v) is 11.4. The molecule has 0 saturated carbocycles. The van der Waals surface area contributed by atoms with Crippen LogP contribution in [0.3, 0.4) is 0 Å². The number of rotatable bonds is 6. The predicted molar refractivity (Wildman–Crippen MR) is 72.5 cm³/mol. The van der Waals surface area contributed by atoms with Gasteiger partial charge in [0, 0.05) is 0 Å². The fourth-order valence-electron chi connectivity index (χ4n) is 1.39.